The number of ketones is 1. The van der Waals surface area contributed by atoms with E-state index in [4.69, 9.17) is 5.53 Å². The van der Waals surface area contributed by atoms with Gasteiger partial charge in [0, 0.05) is 12.5 Å². The summed E-state index contributed by atoms with van der Waals surface area (Å²) in [5.74, 6) is -1.25. The molecule has 1 aliphatic heterocycles. The summed E-state index contributed by atoms with van der Waals surface area (Å²) in [6, 6.07) is 5.94. The molecule has 0 N–H and O–H groups in total. The second kappa shape index (κ2) is 4.96. The van der Waals surface area contributed by atoms with E-state index in [0.29, 0.717) is 11.1 Å². The van der Waals surface area contributed by atoms with Crippen LogP contribution in [0.1, 0.15) is 34.1 Å². The van der Waals surface area contributed by atoms with E-state index in [0.717, 1.165) is 11.1 Å². The number of amides is 2. The summed E-state index contributed by atoms with van der Waals surface area (Å²) < 4.78 is 0. The SMILES string of the molecule is CC(CC(=O)C=[N+]=[N-])N1C(=O)c2ccccc2C1=O. The van der Waals surface area contributed by atoms with E-state index in [1.54, 1.807) is 31.2 Å². The Labute approximate surface area is 109 Å². The number of fused-ring (bicyclic) bond motifs is 1. The van der Waals surface area contributed by atoms with Crippen molar-refractivity contribution in [1.82, 2.24) is 4.90 Å². The minimum absolute atomic E-state index is 0.0739. The summed E-state index contributed by atoms with van der Waals surface area (Å²) in [7, 11) is 0. The number of hydrogen-bond acceptors (Lipinski definition) is 3. The molecule has 96 valence electrons. The first kappa shape index (κ1) is 12.9. The maximum absolute atomic E-state index is 12.1. The van der Waals surface area contributed by atoms with E-state index in [9.17, 15) is 14.4 Å². The minimum atomic E-state index is -0.585. The topological polar surface area (TPSA) is 90.8 Å². The zero-order valence-electron chi connectivity index (χ0n) is 10.2. The van der Waals surface area contributed by atoms with Crippen LogP contribution in [0, 0.1) is 0 Å². The summed E-state index contributed by atoms with van der Waals surface area (Å²) in [5, 5.41) is 0. The highest BCUT2D eigenvalue weighted by molar-refractivity contribution is 6.26. The largest absolute Gasteiger partial charge is 0.361 e. The number of carbonyl (C=O) groups is 3. The quantitative estimate of drug-likeness (QED) is 0.347. The van der Waals surface area contributed by atoms with Crippen LogP contribution in [0.4, 0.5) is 0 Å². The average molecular weight is 257 g/mol. The molecule has 1 heterocycles. The van der Waals surface area contributed by atoms with Gasteiger partial charge >= 0.3 is 6.21 Å². The number of rotatable bonds is 4. The van der Waals surface area contributed by atoms with Crippen LogP contribution in [-0.4, -0.2) is 39.5 Å². The zero-order chi connectivity index (χ0) is 14.0. The van der Waals surface area contributed by atoms with E-state index in [1.807, 2.05) is 0 Å². The van der Waals surface area contributed by atoms with Crippen LogP contribution >= 0.6 is 0 Å². The molecular formula is C13H11N3O3. The first-order chi connectivity index (χ1) is 9.06. The Hall–Kier alpha value is -2.59. The maximum Gasteiger partial charge on any atom is 0.323 e. The molecule has 2 amide bonds. The van der Waals surface area contributed by atoms with Gasteiger partial charge < -0.3 is 5.53 Å². The Morgan fingerprint density at radius 1 is 1.32 bits per heavy atom. The van der Waals surface area contributed by atoms with E-state index in [-0.39, 0.29) is 6.42 Å². The van der Waals surface area contributed by atoms with Gasteiger partial charge in [-0.15, -0.1) is 0 Å². The molecule has 6 heteroatoms. The third kappa shape index (κ3) is 2.21. The molecule has 1 aliphatic rings. The normalized spacial score (nSPS) is 14.9. The lowest BCUT2D eigenvalue weighted by atomic mass is 10.1. The van der Waals surface area contributed by atoms with Gasteiger partial charge in [0.15, 0.2) is 0 Å². The highest BCUT2D eigenvalue weighted by atomic mass is 16.2. The van der Waals surface area contributed by atoms with Crippen molar-refractivity contribution in [3.05, 3.63) is 40.9 Å². The van der Waals surface area contributed by atoms with Gasteiger partial charge in [-0.05, 0) is 19.1 Å². The lowest BCUT2D eigenvalue weighted by molar-refractivity contribution is -0.116. The molecule has 0 saturated carbocycles. The molecular weight excluding hydrogens is 246 g/mol. The van der Waals surface area contributed by atoms with Crippen LogP contribution in [0.3, 0.4) is 0 Å². The monoisotopic (exact) mass is 257 g/mol. The molecule has 1 unspecified atom stereocenters. The Balaban J connectivity index is 2.24. The van der Waals surface area contributed by atoms with Gasteiger partial charge in [0.1, 0.15) is 0 Å². The van der Waals surface area contributed by atoms with E-state index in [2.05, 4.69) is 4.79 Å². The second-order valence-electron chi connectivity index (χ2n) is 4.29. The molecule has 19 heavy (non-hydrogen) atoms. The molecule has 2 rings (SSSR count). The molecule has 0 bridgehead atoms. The summed E-state index contributed by atoms with van der Waals surface area (Å²) in [6.07, 6.45) is 0.685. The van der Waals surface area contributed by atoms with Crippen molar-refractivity contribution in [3.8, 4) is 0 Å². The van der Waals surface area contributed by atoms with Crippen molar-refractivity contribution in [2.75, 3.05) is 0 Å². The highest BCUT2D eigenvalue weighted by Gasteiger charge is 2.38. The maximum atomic E-state index is 12.1. The number of hydrogen-bond donors (Lipinski definition) is 0. The van der Waals surface area contributed by atoms with Crippen LogP contribution in [0.5, 0.6) is 0 Å². The molecule has 0 radical (unpaired) electrons. The fourth-order valence-electron chi connectivity index (χ4n) is 2.11. The molecule has 0 spiro atoms. The number of carbonyl (C=O) groups excluding carboxylic acids is 3. The predicted octanol–water partition coefficient (Wildman–Crippen LogP) is 0.931. The van der Waals surface area contributed by atoms with Crippen molar-refractivity contribution >= 4 is 23.8 Å². The molecule has 6 nitrogen and oxygen atoms in total. The third-order valence-electron chi connectivity index (χ3n) is 2.96. The number of imide groups is 1. The molecule has 1 aromatic rings. The third-order valence-corrected chi connectivity index (χ3v) is 2.96. The van der Waals surface area contributed by atoms with E-state index >= 15 is 0 Å². The second-order valence-corrected chi connectivity index (χ2v) is 4.29. The van der Waals surface area contributed by atoms with Crippen LogP contribution in [0.25, 0.3) is 5.53 Å². The molecule has 0 aliphatic carbocycles. The Morgan fingerprint density at radius 2 is 1.84 bits per heavy atom. The number of Topliss-reactive ketones (excluding diaryl/α,β-unsaturated/α-hetero) is 1. The van der Waals surface area contributed by atoms with Crippen LogP contribution in [-0.2, 0) is 4.79 Å². The fraction of sp³-hybridized carbons (Fsp3) is 0.231. The summed E-state index contributed by atoms with van der Waals surface area (Å²) >= 11 is 0. The van der Waals surface area contributed by atoms with Crippen molar-refractivity contribution < 1.29 is 19.2 Å². The van der Waals surface area contributed by atoms with Gasteiger partial charge in [-0.1, -0.05) is 12.1 Å². The standard InChI is InChI=1S/C13H11N3O3/c1-8(6-9(17)7-15-14)16-12(18)10-4-2-3-5-11(10)13(16)19/h2-5,7-8H,6H2,1H3. The van der Waals surface area contributed by atoms with Gasteiger partial charge in [0.25, 0.3) is 11.8 Å². The van der Waals surface area contributed by atoms with Crippen LogP contribution < -0.4 is 0 Å². The lowest BCUT2D eigenvalue weighted by Crippen LogP contribution is -2.39. The predicted molar refractivity (Wildman–Crippen MR) is 65.7 cm³/mol. The fourth-order valence-corrected chi connectivity index (χ4v) is 2.11. The van der Waals surface area contributed by atoms with Gasteiger partial charge in [-0.3, -0.25) is 19.3 Å². The van der Waals surface area contributed by atoms with E-state index < -0.39 is 23.6 Å². The highest BCUT2D eigenvalue weighted by Crippen LogP contribution is 2.25. The Kier molecular flexibility index (Phi) is 3.35. The van der Waals surface area contributed by atoms with Gasteiger partial charge in [0.05, 0.1) is 11.1 Å². The van der Waals surface area contributed by atoms with Crippen LogP contribution in [0.15, 0.2) is 24.3 Å². The van der Waals surface area contributed by atoms with Gasteiger partial charge in [0.2, 0.25) is 5.78 Å². The smallest absolute Gasteiger partial charge is 0.323 e. The van der Waals surface area contributed by atoms with Crippen molar-refractivity contribution in [3.63, 3.8) is 0 Å². The molecule has 1 aromatic carbocycles. The summed E-state index contributed by atoms with van der Waals surface area (Å²) in [4.78, 5) is 39.2. The van der Waals surface area contributed by atoms with E-state index in [1.165, 1.54) is 0 Å². The summed E-state index contributed by atoms with van der Waals surface area (Å²) in [6.45, 7) is 1.60. The lowest BCUT2D eigenvalue weighted by Gasteiger charge is -2.20. The zero-order valence-corrected chi connectivity index (χ0v) is 10.2. The number of benzene rings is 1. The molecule has 0 aromatic heterocycles. The Bertz CT molecular complexity index is 582. The van der Waals surface area contributed by atoms with Crippen molar-refractivity contribution in [2.24, 2.45) is 0 Å². The summed E-state index contributed by atoms with van der Waals surface area (Å²) in [5.41, 5.74) is 8.96. The number of nitrogens with zero attached hydrogens (tertiary/aromatic N) is 3. The Morgan fingerprint density at radius 3 is 2.32 bits per heavy atom. The molecule has 0 fully saturated rings. The molecule has 1 atom stereocenters. The first-order valence-electron chi connectivity index (χ1n) is 5.73. The van der Waals surface area contributed by atoms with Crippen molar-refractivity contribution in [2.45, 2.75) is 19.4 Å². The van der Waals surface area contributed by atoms with Crippen molar-refractivity contribution in [1.29, 1.82) is 0 Å². The first-order valence-corrected chi connectivity index (χ1v) is 5.73. The molecule has 0 saturated heterocycles. The average Bonchev–Trinajstić information content (AvgIpc) is 2.63. The minimum Gasteiger partial charge on any atom is -0.361 e. The van der Waals surface area contributed by atoms with Crippen LogP contribution in [0.2, 0.25) is 0 Å². The van der Waals surface area contributed by atoms with Gasteiger partial charge in [-0.25, -0.2) is 0 Å². The van der Waals surface area contributed by atoms with Gasteiger partial charge in [-0.2, -0.15) is 4.79 Å².